The van der Waals surface area contributed by atoms with Gasteiger partial charge in [-0.25, -0.2) is 0 Å². The molecule has 2 aliphatic rings. The van der Waals surface area contributed by atoms with Crippen LogP contribution < -0.4 is 26.2 Å². The fourth-order valence-electron chi connectivity index (χ4n) is 13.8. The Hall–Kier alpha value is -9.70. The molecule has 12 aromatic carbocycles. The fraction of sp³-hybridized carbons (Fsp3) is 0.133. The van der Waals surface area contributed by atoms with E-state index < -0.39 is 0 Å². The van der Waals surface area contributed by atoms with Crippen LogP contribution in [0.4, 0.5) is 34.1 Å². The van der Waals surface area contributed by atoms with Gasteiger partial charge in [-0.05, 0) is 174 Å². The van der Waals surface area contributed by atoms with E-state index in [-0.39, 0.29) is 17.5 Å². The largest absolute Gasteiger partial charge is 0.310 e. The van der Waals surface area contributed by atoms with Gasteiger partial charge in [0, 0.05) is 45.0 Å². The first-order chi connectivity index (χ1) is 41.7. The normalized spacial score (nSPS) is 12.6. The van der Waals surface area contributed by atoms with Gasteiger partial charge in [-0.15, -0.1) is 0 Å². The van der Waals surface area contributed by atoms with Crippen LogP contribution in [0.15, 0.2) is 267 Å². The standard InChI is InChI=1S/C83H71BN2/c1-54-44-55(2)78(56(3)45-54)65-48-76-79-77(49-65)86(81-70(61-36-24-14-25-37-61)52-67(83(7,8)9)53-71(81)62-38-26-15-27-39-62)75-47-64(58-30-18-11-19-31-58)41-43-73(75)84(79)72-42-40-63(57-28-16-10-17-29-57)46-74(72)85(76)80-68(59-32-20-12-21-33-59)50-66(82(4,5)6)51-69(80)60-34-22-13-23-35-60/h10-53H,1-9H3. The number of hydrogen-bond donors (Lipinski definition) is 0. The predicted molar refractivity (Wildman–Crippen MR) is 370 cm³/mol. The smallest absolute Gasteiger partial charge is 0.252 e. The van der Waals surface area contributed by atoms with Gasteiger partial charge in [0.15, 0.2) is 0 Å². The van der Waals surface area contributed by atoms with E-state index in [1.54, 1.807) is 0 Å². The molecular formula is C83H71BN2. The van der Waals surface area contributed by atoms with Crippen molar-refractivity contribution in [3.05, 3.63) is 295 Å². The quantitative estimate of drug-likeness (QED) is 0.133. The Morgan fingerprint density at radius 1 is 0.279 bits per heavy atom. The first-order valence-corrected chi connectivity index (χ1v) is 30.5. The molecule has 416 valence electrons. The molecule has 0 fully saturated rings. The molecule has 0 saturated heterocycles. The summed E-state index contributed by atoms with van der Waals surface area (Å²) in [5.41, 5.74) is 33.3. The summed E-state index contributed by atoms with van der Waals surface area (Å²) in [7, 11) is 0. The number of rotatable bonds is 9. The lowest BCUT2D eigenvalue weighted by Gasteiger charge is -2.46. The summed E-state index contributed by atoms with van der Waals surface area (Å²) in [6, 6.07) is 101. The molecule has 0 bridgehead atoms. The van der Waals surface area contributed by atoms with Gasteiger partial charge in [0.25, 0.3) is 6.71 Å². The first-order valence-electron chi connectivity index (χ1n) is 30.5. The lowest BCUT2D eigenvalue weighted by atomic mass is 9.33. The Bertz CT molecular complexity index is 4130. The molecule has 14 rings (SSSR count). The molecule has 0 spiro atoms. The molecule has 2 aliphatic heterocycles. The van der Waals surface area contributed by atoms with Gasteiger partial charge >= 0.3 is 0 Å². The topological polar surface area (TPSA) is 6.48 Å². The molecule has 0 amide bonds. The Morgan fingerprint density at radius 3 is 0.872 bits per heavy atom. The Kier molecular flexibility index (Phi) is 13.5. The number of fused-ring (bicyclic) bond motifs is 4. The molecule has 0 aliphatic carbocycles. The van der Waals surface area contributed by atoms with Crippen molar-refractivity contribution in [2.75, 3.05) is 9.80 Å². The van der Waals surface area contributed by atoms with Crippen LogP contribution in [0.1, 0.15) is 69.4 Å². The molecule has 0 atom stereocenters. The van der Waals surface area contributed by atoms with Crippen molar-refractivity contribution in [1.29, 1.82) is 0 Å². The maximum Gasteiger partial charge on any atom is 0.252 e. The zero-order chi connectivity index (χ0) is 59.0. The monoisotopic (exact) mass is 1110 g/mol. The van der Waals surface area contributed by atoms with E-state index >= 15 is 0 Å². The zero-order valence-electron chi connectivity index (χ0n) is 50.9. The summed E-state index contributed by atoms with van der Waals surface area (Å²) in [5, 5.41) is 0. The summed E-state index contributed by atoms with van der Waals surface area (Å²) in [4.78, 5) is 5.41. The van der Waals surface area contributed by atoms with E-state index in [1.807, 2.05) is 0 Å². The number of anilines is 6. The van der Waals surface area contributed by atoms with Crippen molar-refractivity contribution < 1.29 is 0 Å². The second-order valence-corrected chi connectivity index (χ2v) is 25.9. The van der Waals surface area contributed by atoms with Crippen LogP contribution in [0.5, 0.6) is 0 Å². The summed E-state index contributed by atoms with van der Waals surface area (Å²) in [5.74, 6) is 0. The van der Waals surface area contributed by atoms with Crippen molar-refractivity contribution in [3.8, 4) is 77.9 Å². The van der Waals surface area contributed by atoms with Crippen molar-refractivity contribution in [3.63, 3.8) is 0 Å². The number of aryl methyl sites for hydroxylation is 3. The lowest BCUT2D eigenvalue weighted by Crippen LogP contribution is -2.61. The van der Waals surface area contributed by atoms with Crippen molar-refractivity contribution in [2.45, 2.75) is 73.1 Å². The van der Waals surface area contributed by atoms with E-state index in [0.29, 0.717) is 0 Å². The molecule has 0 N–H and O–H groups in total. The first kappa shape index (κ1) is 54.3. The molecular weight excluding hydrogens is 1040 g/mol. The van der Waals surface area contributed by atoms with Gasteiger partial charge in [0.2, 0.25) is 0 Å². The van der Waals surface area contributed by atoms with Crippen LogP contribution in [-0.2, 0) is 10.8 Å². The third kappa shape index (κ3) is 9.57. The fourth-order valence-corrected chi connectivity index (χ4v) is 13.8. The maximum absolute atomic E-state index is 2.71. The minimum absolute atomic E-state index is 0.158. The van der Waals surface area contributed by atoms with Gasteiger partial charge in [-0.2, -0.15) is 0 Å². The molecule has 0 saturated carbocycles. The average molecular weight is 1110 g/mol. The van der Waals surface area contributed by atoms with Crippen LogP contribution in [0, 0.1) is 20.8 Å². The minimum atomic E-state index is -0.162. The molecule has 86 heavy (non-hydrogen) atoms. The summed E-state index contributed by atoms with van der Waals surface area (Å²) >= 11 is 0. The zero-order valence-corrected chi connectivity index (χ0v) is 50.9. The second kappa shape index (κ2) is 21.4. The Morgan fingerprint density at radius 2 is 0.570 bits per heavy atom. The third-order valence-corrected chi connectivity index (χ3v) is 18.0. The summed E-state index contributed by atoms with van der Waals surface area (Å²) in [6.07, 6.45) is 0. The SMILES string of the molecule is Cc1cc(C)c(-c2cc3c4c(c2)N(c2c(-c5ccccc5)cc(C(C)(C)C)cc2-c2ccccc2)c2cc(-c5ccccc5)ccc2B4c2ccc(-c4ccccc4)cc2N3c2c(-c3ccccc3)cc(C(C)(C)C)cc2-c2ccccc2)c(C)c1. The van der Waals surface area contributed by atoms with Gasteiger partial charge in [-0.1, -0.05) is 265 Å². The Labute approximate surface area is 509 Å². The molecule has 2 heterocycles. The van der Waals surface area contributed by atoms with Gasteiger partial charge in [0.05, 0.1) is 11.4 Å². The maximum atomic E-state index is 2.71. The van der Waals surface area contributed by atoms with E-state index in [4.69, 9.17) is 0 Å². The highest BCUT2D eigenvalue weighted by Crippen LogP contribution is 2.55. The highest BCUT2D eigenvalue weighted by molar-refractivity contribution is 7.00. The number of benzene rings is 12. The van der Waals surface area contributed by atoms with E-state index in [2.05, 4.69) is 339 Å². The van der Waals surface area contributed by atoms with E-state index in [0.717, 1.165) is 34.1 Å². The van der Waals surface area contributed by atoms with Crippen molar-refractivity contribution in [2.24, 2.45) is 0 Å². The Balaban J connectivity index is 1.21. The predicted octanol–water partition coefficient (Wildman–Crippen LogP) is 21.0. The van der Waals surface area contributed by atoms with Gasteiger partial charge in [-0.3, -0.25) is 0 Å². The van der Waals surface area contributed by atoms with Gasteiger partial charge in [0.1, 0.15) is 0 Å². The highest BCUT2D eigenvalue weighted by atomic mass is 15.2. The van der Waals surface area contributed by atoms with E-state index in [9.17, 15) is 0 Å². The lowest BCUT2D eigenvalue weighted by molar-refractivity contribution is 0.590. The van der Waals surface area contributed by atoms with Crippen molar-refractivity contribution in [1.82, 2.24) is 0 Å². The van der Waals surface area contributed by atoms with Crippen LogP contribution in [0.2, 0.25) is 0 Å². The van der Waals surface area contributed by atoms with Gasteiger partial charge < -0.3 is 9.80 Å². The van der Waals surface area contributed by atoms with Crippen LogP contribution in [-0.4, -0.2) is 6.71 Å². The summed E-state index contributed by atoms with van der Waals surface area (Å²) < 4.78 is 0. The molecule has 3 heteroatoms. The summed E-state index contributed by atoms with van der Waals surface area (Å²) in [6.45, 7) is 20.8. The van der Waals surface area contributed by atoms with Crippen molar-refractivity contribution >= 4 is 57.2 Å². The third-order valence-electron chi connectivity index (χ3n) is 18.0. The van der Waals surface area contributed by atoms with Crippen LogP contribution in [0.25, 0.3) is 77.9 Å². The minimum Gasteiger partial charge on any atom is -0.310 e. The molecule has 12 aromatic rings. The van der Waals surface area contributed by atoms with Crippen LogP contribution >= 0.6 is 0 Å². The molecule has 0 unspecified atom stereocenters. The number of hydrogen-bond acceptors (Lipinski definition) is 2. The highest BCUT2D eigenvalue weighted by Gasteiger charge is 2.46. The molecule has 2 nitrogen and oxygen atoms in total. The van der Waals surface area contributed by atoms with E-state index in [1.165, 1.54) is 122 Å². The number of nitrogens with zero attached hydrogens (tertiary/aromatic N) is 2. The van der Waals surface area contributed by atoms with Crippen LogP contribution in [0.3, 0.4) is 0 Å². The molecule has 0 aromatic heterocycles. The molecule has 0 radical (unpaired) electrons. The second-order valence-electron chi connectivity index (χ2n) is 25.9. The average Bonchev–Trinajstić information content (AvgIpc) is 0.704.